The van der Waals surface area contributed by atoms with Crippen LogP contribution in [0.3, 0.4) is 0 Å². The lowest BCUT2D eigenvalue weighted by Gasteiger charge is -1.95. The van der Waals surface area contributed by atoms with E-state index in [9.17, 15) is 4.79 Å². The van der Waals surface area contributed by atoms with Crippen molar-refractivity contribution in [3.63, 3.8) is 0 Å². The second kappa shape index (κ2) is 6.75. The number of hydrogen-bond acceptors (Lipinski definition) is 2. The van der Waals surface area contributed by atoms with Crippen LogP contribution in [0.25, 0.3) is 0 Å². The predicted octanol–water partition coefficient (Wildman–Crippen LogP) is 1.48. The Morgan fingerprint density at radius 2 is 1.80 bits per heavy atom. The molecule has 2 heteroatoms. The van der Waals surface area contributed by atoms with Gasteiger partial charge in [-0.3, -0.25) is 0 Å². The molecule has 0 saturated heterocycles. The van der Waals surface area contributed by atoms with Gasteiger partial charge in [0.2, 0.25) is 0 Å². The highest BCUT2D eigenvalue weighted by Crippen LogP contribution is 2.01. The highest BCUT2D eigenvalue weighted by atomic mass is 16.1. The van der Waals surface area contributed by atoms with Crippen LogP contribution in [-0.2, 0) is 4.79 Å². The zero-order chi connectivity index (χ0) is 7.82. The van der Waals surface area contributed by atoms with Crippen LogP contribution in [-0.4, -0.2) is 12.3 Å². The Bertz CT molecular complexity index is 91.3. The first-order valence-corrected chi connectivity index (χ1v) is 3.97. The normalized spacial score (nSPS) is 9.80. The molecule has 60 valence electrons. The molecular formula is C8H17NO. The number of rotatable bonds is 6. The topological polar surface area (TPSA) is 43.1 Å². The van der Waals surface area contributed by atoms with Crippen LogP contribution < -0.4 is 5.73 Å². The summed E-state index contributed by atoms with van der Waals surface area (Å²) in [7, 11) is 0. The van der Waals surface area contributed by atoms with Gasteiger partial charge in [0.05, 0.1) is 0 Å². The van der Waals surface area contributed by atoms with Gasteiger partial charge in [-0.15, -0.1) is 0 Å². The second-order valence-corrected chi connectivity index (χ2v) is 2.65. The van der Waals surface area contributed by atoms with Crippen LogP contribution >= 0.6 is 0 Å². The molecular weight excluding hydrogens is 126 g/mol. The van der Waals surface area contributed by atoms with Gasteiger partial charge < -0.3 is 10.5 Å². The molecule has 0 aromatic carbocycles. The predicted molar refractivity (Wildman–Crippen MR) is 42.8 cm³/mol. The highest BCUT2D eigenvalue weighted by Gasteiger charge is 1.92. The SMILES string of the molecule is CC(=O)CCCCCCN. The maximum atomic E-state index is 10.5. The fourth-order valence-corrected chi connectivity index (χ4v) is 0.872. The first kappa shape index (κ1) is 9.63. The molecule has 0 spiro atoms. The van der Waals surface area contributed by atoms with E-state index < -0.39 is 0 Å². The largest absolute Gasteiger partial charge is 0.330 e. The number of carbonyl (C=O) groups is 1. The van der Waals surface area contributed by atoms with Crippen molar-refractivity contribution in [1.29, 1.82) is 0 Å². The molecule has 0 radical (unpaired) electrons. The molecule has 0 aliphatic carbocycles. The van der Waals surface area contributed by atoms with E-state index in [4.69, 9.17) is 5.73 Å². The van der Waals surface area contributed by atoms with E-state index in [-0.39, 0.29) is 0 Å². The van der Waals surface area contributed by atoms with Crippen LogP contribution in [0, 0.1) is 0 Å². The van der Waals surface area contributed by atoms with Gasteiger partial charge in [-0.25, -0.2) is 0 Å². The lowest BCUT2D eigenvalue weighted by molar-refractivity contribution is -0.117. The molecule has 10 heavy (non-hydrogen) atoms. The third-order valence-electron chi connectivity index (χ3n) is 1.48. The van der Waals surface area contributed by atoms with Gasteiger partial charge in [-0.1, -0.05) is 12.8 Å². The Kier molecular flexibility index (Phi) is 6.50. The van der Waals surface area contributed by atoms with Gasteiger partial charge >= 0.3 is 0 Å². The Morgan fingerprint density at radius 1 is 1.20 bits per heavy atom. The molecule has 0 fully saturated rings. The maximum absolute atomic E-state index is 10.5. The minimum Gasteiger partial charge on any atom is -0.330 e. The highest BCUT2D eigenvalue weighted by molar-refractivity contribution is 5.75. The van der Waals surface area contributed by atoms with Crippen LogP contribution in [0.2, 0.25) is 0 Å². The Labute approximate surface area is 62.8 Å². The summed E-state index contributed by atoms with van der Waals surface area (Å²) in [5, 5.41) is 0. The van der Waals surface area contributed by atoms with Crippen LogP contribution in [0.5, 0.6) is 0 Å². The standard InChI is InChI=1S/C8H17NO/c1-8(10)6-4-2-3-5-7-9/h2-7,9H2,1H3. The molecule has 0 atom stereocenters. The number of nitrogens with two attached hydrogens (primary N) is 1. The van der Waals surface area contributed by atoms with Gasteiger partial charge in [0, 0.05) is 6.42 Å². The molecule has 0 aliphatic rings. The first-order chi connectivity index (χ1) is 4.77. The summed E-state index contributed by atoms with van der Waals surface area (Å²) in [5.41, 5.74) is 5.30. The summed E-state index contributed by atoms with van der Waals surface area (Å²) in [6.07, 6.45) is 5.19. The summed E-state index contributed by atoms with van der Waals surface area (Å²) in [5.74, 6) is 0.299. The lowest BCUT2D eigenvalue weighted by atomic mass is 10.1. The van der Waals surface area contributed by atoms with E-state index in [1.54, 1.807) is 6.92 Å². The van der Waals surface area contributed by atoms with E-state index in [1.807, 2.05) is 0 Å². The van der Waals surface area contributed by atoms with Gasteiger partial charge in [-0.05, 0) is 26.3 Å². The van der Waals surface area contributed by atoms with Crippen molar-refractivity contribution >= 4 is 5.78 Å². The Balaban J connectivity index is 2.84. The molecule has 2 nitrogen and oxygen atoms in total. The zero-order valence-electron chi connectivity index (χ0n) is 6.73. The molecule has 0 aromatic heterocycles. The number of Topliss-reactive ketones (excluding diaryl/α,β-unsaturated/α-hetero) is 1. The van der Waals surface area contributed by atoms with Crippen molar-refractivity contribution in [2.45, 2.75) is 39.0 Å². The summed E-state index contributed by atoms with van der Waals surface area (Å²) in [6, 6.07) is 0. The quantitative estimate of drug-likeness (QED) is 0.572. The minimum absolute atomic E-state index is 0.299. The third-order valence-corrected chi connectivity index (χ3v) is 1.48. The van der Waals surface area contributed by atoms with Crippen molar-refractivity contribution in [2.75, 3.05) is 6.54 Å². The molecule has 0 aliphatic heterocycles. The average Bonchev–Trinajstić information content (AvgIpc) is 1.87. The van der Waals surface area contributed by atoms with Gasteiger partial charge in [0.15, 0.2) is 0 Å². The van der Waals surface area contributed by atoms with Gasteiger partial charge in [0.1, 0.15) is 5.78 Å². The molecule has 0 aromatic rings. The number of unbranched alkanes of at least 4 members (excludes halogenated alkanes) is 3. The van der Waals surface area contributed by atoms with E-state index >= 15 is 0 Å². The summed E-state index contributed by atoms with van der Waals surface area (Å²) in [6.45, 7) is 2.42. The molecule has 2 N–H and O–H groups in total. The summed E-state index contributed by atoms with van der Waals surface area (Å²) in [4.78, 5) is 10.5. The molecule has 0 heterocycles. The molecule has 0 unspecified atom stereocenters. The summed E-state index contributed by atoms with van der Waals surface area (Å²) < 4.78 is 0. The monoisotopic (exact) mass is 143 g/mol. The van der Waals surface area contributed by atoms with Crippen LogP contribution in [0.1, 0.15) is 39.0 Å². The van der Waals surface area contributed by atoms with Crippen molar-refractivity contribution in [1.82, 2.24) is 0 Å². The van der Waals surface area contributed by atoms with E-state index in [1.165, 1.54) is 6.42 Å². The third kappa shape index (κ3) is 7.63. The zero-order valence-corrected chi connectivity index (χ0v) is 6.73. The molecule has 0 amide bonds. The average molecular weight is 143 g/mol. The van der Waals surface area contributed by atoms with Gasteiger partial charge in [-0.2, -0.15) is 0 Å². The number of ketones is 1. The molecule has 0 bridgehead atoms. The lowest BCUT2D eigenvalue weighted by Crippen LogP contribution is -1.98. The molecule has 0 saturated carbocycles. The van der Waals surface area contributed by atoms with E-state index in [2.05, 4.69) is 0 Å². The van der Waals surface area contributed by atoms with Crippen LogP contribution in [0.4, 0.5) is 0 Å². The van der Waals surface area contributed by atoms with Crippen molar-refractivity contribution in [3.05, 3.63) is 0 Å². The van der Waals surface area contributed by atoms with E-state index in [0.29, 0.717) is 5.78 Å². The maximum Gasteiger partial charge on any atom is 0.129 e. The number of carbonyl (C=O) groups excluding carboxylic acids is 1. The fourth-order valence-electron chi connectivity index (χ4n) is 0.872. The second-order valence-electron chi connectivity index (χ2n) is 2.65. The van der Waals surface area contributed by atoms with Gasteiger partial charge in [0.25, 0.3) is 0 Å². The van der Waals surface area contributed by atoms with E-state index in [0.717, 1.165) is 32.2 Å². The number of hydrogen-bond donors (Lipinski definition) is 1. The van der Waals surface area contributed by atoms with Crippen molar-refractivity contribution in [3.8, 4) is 0 Å². The minimum atomic E-state index is 0.299. The summed E-state index contributed by atoms with van der Waals surface area (Å²) >= 11 is 0. The van der Waals surface area contributed by atoms with Crippen molar-refractivity contribution in [2.24, 2.45) is 5.73 Å². The Morgan fingerprint density at radius 3 is 2.30 bits per heavy atom. The van der Waals surface area contributed by atoms with Crippen molar-refractivity contribution < 1.29 is 4.79 Å². The smallest absolute Gasteiger partial charge is 0.129 e. The Hall–Kier alpha value is -0.370. The first-order valence-electron chi connectivity index (χ1n) is 3.97. The fraction of sp³-hybridized carbons (Fsp3) is 0.875. The van der Waals surface area contributed by atoms with Crippen LogP contribution in [0.15, 0.2) is 0 Å². The molecule has 0 rings (SSSR count).